The van der Waals surface area contributed by atoms with Crippen LogP contribution in [0.5, 0.6) is 0 Å². The summed E-state index contributed by atoms with van der Waals surface area (Å²) in [4.78, 5) is 23.9. The fourth-order valence-corrected chi connectivity index (χ4v) is 6.33. The first-order chi connectivity index (χ1) is 11.6. The number of Topliss-reactive ketones (excluding diaryl/α,β-unsaturated/α-hetero) is 1. The van der Waals surface area contributed by atoms with Gasteiger partial charge in [-0.3, -0.25) is 9.52 Å². The second-order valence-corrected chi connectivity index (χ2v) is 9.32. The molecule has 0 aliphatic heterocycles. The van der Waals surface area contributed by atoms with Gasteiger partial charge in [0.2, 0.25) is 10.0 Å². The molecule has 2 fully saturated rings. The van der Waals surface area contributed by atoms with Gasteiger partial charge < -0.3 is 4.74 Å². The number of sulfonamides is 1. The number of carbonyl (C=O) groups excluding carboxylic acids is 2. The van der Waals surface area contributed by atoms with Gasteiger partial charge in [0, 0.05) is 12.1 Å². The predicted molar refractivity (Wildman–Crippen MR) is 93.8 cm³/mol. The van der Waals surface area contributed by atoms with Crippen LogP contribution in [0.2, 0.25) is 0 Å². The molecule has 0 spiro atoms. The Kier molecular flexibility index (Phi) is 4.18. The molecule has 0 aromatic heterocycles. The quantitative estimate of drug-likeness (QED) is 0.810. The lowest BCUT2D eigenvalue weighted by Gasteiger charge is -2.36. The highest BCUT2D eigenvalue weighted by Crippen LogP contribution is 2.64. The normalized spacial score (nSPS) is 27.3. The summed E-state index contributed by atoms with van der Waals surface area (Å²) in [7, 11) is -2.41. The standard InChI is InChI=1S/C18H23NO5S/c1-17(2)13-8-9-18(17,15(20)10-13)11-25(22,23)19-14-6-4-12(5-7-14)16(21)24-3/h4-7,13,19H,8-11H2,1-3H3/t13-,18+/m0/s1. The number of benzene rings is 1. The van der Waals surface area contributed by atoms with E-state index in [1.54, 1.807) is 0 Å². The molecule has 0 unspecified atom stereocenters. The van der Waals surface area contributed by atoms with Gasteiger partial charge in [0.05, 0.1) is 23.8 Å². The smallest absolute Gasteiger partial charge is 0.337 e. The fraction of sp³-hybridized carbons (Fsp3) is 0.556. The molecule has 6 nitrogen and oxygen atoms in total. The van der Waals surface area contributed by atoms with Gasteiger partial charge in [0.15, 0.2) is 0 Å². The van der Waals surface area contributed by atoms with Gasteiger partial charge in [-0.25, -0.2) is 13.2 Å². The van der Waals surface area contributed by atoms with Crippen molar-refractivity contribution in [2.24, 2.45) is 16.7 Å². The van der Waals surface area contributed by atoms with Crippen LogP contribution in [-0.4, -0.2) is 33.0 Å². The zero-order valence-electron chi connectivity index (χ0n) is 14.7. The molecule has 2 atom stereocenters. The number of anilines is 1. The number of hydrogen-bond acceptors (Lipinski definition) is 5. The molecule has 1 aromatic carbocycles. The van der Waals surface area contributed by atoms with Crippen LogP contribution in [0.25, 0.3) is 0 Å². The largest absolute Gasteiger partial charge is 0.465 e. The number of ether oxygens (including phenoxy) is 1. The van der Waals surface area contributed by atoms with Crippen LogP contribution in [0, 0.1) is 16.7 Å². The van der Waals surface area contributed by atoms with Crippen LogP contribution in [-0.2, 0) is 19.6 Å². The zero-order valence-corrected chi connectivity index (χ0v) is 15.5. The lowest BCUT2D eigenvalue weighted by molar-refractivity contribution is -0.128. The highest BCUT2D eigenvalue weighted by Gasteiger charge is 2.65. The average Bonchev–Trinajstić information content (AvgIpc) is 2.88. The molecular formula is C18H23NO5S. The number of carbonyl (C=O) groups is 2. The number of fused-ring (bicyclic) bond motifs is 2. The van der Waals surface area contributed by atoms with E-state index in [9.17, 15) is 18.0 Å². The number of ketones is 1. The van der Waals surface area contributed by atoms with E-state index in [-0.39, 0.29) is 22.9 Å². The Morgan fingerprint density at radius 3 is 2.40 bits per heavy atom. The molecule has 0 amide bonds. The molecule has 136 valence electrons. The minimum absolute atomic E-state index is 0.0696. The van der Waals surface area contributed by atoms with E-state index in [4.69, 9.17) is 0 Å². The number of rotatable bonds is 5. The Bertz CT molecular complexity index is 812. The Morgan fingerprint density at radius 2 is 1.92 bits per heavy atom. The van der Waals surface area contributed by atoms with Crippen LogP contribution < -0.4 is 4.72 Å². The second-order valence-electron chi connectivity index (χ2n) is 7.60. The maximum Gasteiger partial charge on any atom is 0.337 e. The number of esters is 1. The first-order valence-electron chi connectivity index (χ1n) is 8.33. The van der Waals surface area contributed by atoms with E-state index in [1.807, 2.05) is 13.8 Å². The number of methoxy groups -OCH3 is 1. The maximum absolute atomic E-state index is 12.7. The summed E-state index contributed by atoms with van der Waals surface area (Å²) >= 11 is 0. The van der Waals surface area contributed by atoms with Crippen molar-refractivity contribution >= 4 is 27.5 Å². The van der Waals surface area contributed by atoms with Crippen LogP contribution in [0.3, 0.4) is 0 Å². The molecule has 7 heteroatoms. The van der Waals surface area contributed by atoms with E-state index >= 15 is 0 Å². The zero-order chi connectivity index (χ0) is 18.5. The first kappa shape index (κ1) is 17.9. The van der Waals surface area contributed by atoms with Crippen molar-refractivity contribution in [3.05, 3.63) is 29.8 Å². The van der Waals surface area contributed by atoms with Crippen LogP contribution >= 0.6 is 0 Å². The van der Waals surface area contributed by atoms with E-state index < -0.39 is 21.4 Å². The summed E-state index contributed by atoms with van der Waals surface area (Å²) in [5, 5.41) is 0. The Labute approximate surface area is 148 Å². The molecule has 2 aliphatic carbocycles. The molecule has 0 heterocycles. The van der Waals surface area contributed by atoms with Gasteiger partial charge in [-0.15, -0.1) is 0 Å². The SMILES string of the molecule is COC(=O)c1ccc(NS(=O)(=O)C[C@]23CC[C@@H](CC2=O)C3(C)C)cc1. The van der Waals surface area contributed by atoms with Crippen molar-refractivity contribution in [1.82, 2.24) is 0 Å². The van der Waals surface area contributed by atoms with Gasteiger partial charge in [0.1, 0.15) is 5.78 Å². The van der Waals surface area contributed by atoms with Crippen LogP contribution in [0.4, 0.5) is 5.69 Å². The van der Waals surface area contributed by atoms with Crippen molar-refractivity contribution in [3.8, 4) is 0 Å². The summed E-state index contributed by atoms with van der Waals surface area (Å²) in [6.45, 7) is 4.02. The number of hydrogen-bond donors (Lipinski definition) is 1. The molecule has 2 saturated carbocycles. The van der Waals surface area contributed by atoms with Crippen molar-refractivity contribution in [2.75, 3.05) is 17.6 Å². The summed E-state index contributed by atoms with van der Waals surface area (Å²) in [5.74, 6) is -0.334. The summed E-state index contributed by atoms with van der Waals surface area (Å²) < 4.78 is 32.5. The lowest BCUT2D eigenvalue weighted by Crippen LogP contribution is -2.43. The van der Waals surface area contributed by atoms with Crippen molar-refractivity contribution in [1.29, 1.82) is 0 Å². The van der Waals surface area contributed by atoms with E-state index in [1.165, 1.54) is 31.4 Å². The fourth-order valence-electron chi connectivity index (χ4n) is 4.44. The molecule has 25 heavy (non-hydrogen) atoms. The highest BCUT2D eigenvalue weighted by atomic mass is 32.2. The molecule has 2 bridgehead atoms. The van der Waals surface area contributed by atoms with Gasteiger partial charge >= 0.3 is 5.97 Å². The summed E-state index contributed by atoms with van der Waals surface area (Å²) in [5.41, 5.74) is -0.389. The maximum atomic E-state index is 12.7. The minimum Gasteiger partial charge on any atom is -0.465 e. The third kappa shape index (κ3) is 2.84. The van der Waals surface area contributed by atoms with Gasteiger partial charge in [-0.1, -0.05) is 13.8 Å². The monoisotopic (exact) mass is 365 g/mol. The molecule has 1 aromatic rings. The molecule has 0 radical (unpaired) electrons. The topological polar surface area (TPSA) is 89.5 Å². The van der Waals surface area contributed by atoms with E-state index in [2.05, 4.69) is 9.46 Å². The van der Waals surface area contributed by atoms with Gasteiger partial charge in [-0.2, -0.15) is 0 Å². The minimum atomic E-state index is -3.69. The second kappa shape index (κ2) is 5.83. The van der Waals surface area contributed by atoms with Crippen LogP contribution in [0.15, 0.2) is 24.3 Å². The molecule has 3 rings (SSSR count). The molecular weight excluding hydrogens is 342 g/mol. The van der Waals surface area contributed by atoms with Crippen LogP contribution in [0.1, 0.15) is 43.5 Å². The van der Waals surface area contributed by atoms with Crippen molar-refractivity contribution < 1.29 is 22.7 Å². The van der Waals surface area contributed by atoms with Crippen molar-refractivity contribution in [3.63, 3.8) is 0 Å². The Balaban J connectivity index is 1.79. The third-order valence-corrected chi connectivity index (χ3v) is 7.57. The molecule has 2 aliphatic rings. The predicted octanol–water partition coefficient (Wildman–Crippen LogP) is 2.61. The average molecular weight is 365 g/mol. The first-order valence-corrected chi connectivity index (χ1v) is 9.99. The van der Waals surface area contributed by atoms with Crippen molar-refractivity contribution in [2.45, 2.75) is 33.1 Å². The Morgan fingerprint density at radius 1 is 1.28 bits per heavy atom. The van der Waals surface area contributed by atoms with E-state index in [0.717, 1.165) is 6.42 Å². The van der Waals surface area contributed by atoms with Gasteiger partial charge in [-0.05, 0) is 48.4 Å². The Hall–Kier alpha value is -1.89. The van der Waals surface area contributed by atoms with Gasteiger partial charge in [0.25, 0.3) is 0 Å². The summed E-state index contributed by atoms with van der Waals surface area (Å²) in [6, 6.07) is 6.03. The molecule has 0 saturated heterocycles. The number of nitrogens with one attached hydrogen (secondary N) is 1. The highest BCUT2D eigenvalue weighted by molar-refractivity contribution is 7.92. The van der Waals surface area contributed by atoms with E-state index in [0.29, 0.717) is 24.1 Å². The molecule has 1 N–H and O–H groups in total. The summed E-state index contributed by atoms with van der Waals surface area (Å²) in [6.07, 6.45) is 2.02. The lowest BCUT2D eigenvalue weighted by atomic mass is 9.70. The third-order valence-electron chi connectivity index (χ3n) is 6.15.